The lowest BCUT2D eigenvalue weighted by Gasteiger charge is -2.32. The number of hydrogen-bond acceptors (Lipinski definition) is 2. The molecular weight excluding hydrogens is 338 g/mol. The molecule has 138 valence electrons. The van der Waals surface area contributed by atoms with Gasteiger partial charge in [0.15, 0.2) is 5.11 Å². The van der Waals surface area contributed by atoms with E-state index in [1.54, 1.807) is 0 Å². The van der Waals surface area contributed by atoms with Gasteiger partial charge in [-0.3, -0.25) is 4.98 Å². The molecule has 0 saturated heterocycles. The Balaban J connectivity index is 1.80. The summed E-state index contributed by atoms with van der Waals surface area (Å²) in [4.78, 5) is 6.62. The Morgan fingerprint density at radius 2 is 2.00 bits per heavy atom. The number of hydrogen-bond donors (Lipinski definition) is 1. The van der Waals surface area contributed by atoms with Crippen molar-refractivity contribution < 1.29 is 0 Å². The topological polar surface area (TPSA) is 28.2 Å². The molecule has 1 aromatic heterocycles. The molecule has 1 aromatic carbocycles. The number of nitrogens with one attached hydrogen (secondary N) is 1. The van der Waals surface area contributed by atoms with Crippen LogP contribution in [0.2, 0.25) is 0 Å². The van der Waals surface area contributed by atoms with Gasteiger partial charge >= 0.3 is 0 Å². The second-order valence-corrected chi connectivity index (χ2v) is 7.92. The molecule has 26 heavy (non-hydrogen) atoms. The molecule has 4 heteroatoms. The van der Waals surface area contributed by atoms with Gasteiger partial charge in [-0.15, -0.1) is 0 Å². The first kappa shape index (κ1) is 18.8. The molecule has 1 saturated carbocycles. The monoisotopic (exact) mass is 367 g/mol. The van der Waals surface area contributed by atoms with Crippen LogP contribution in [0.15, 0.2) is 42.7 Å². The third kappa shape index (κ3) is 4.42. The molecule has 0 amide bonds. The smallest absolute Gasteiger partial charge is 0.173 e. The van der Waals surface area contributed by atoms with E-state index < -0.39 is 0 Å². The zero-order chi connectivity index (χ0) is 18.5. The van der Waals surface area contributed by atoms with E-state index >= 15 is 0 Å². The van der Waals surface area contributed by atoms with Crippen molar-refractivity contribution in [3.8, 4) is 0 Å². The highest BCUT2D eigenvalue weighted by atomic mass is 32.1. The lowest BCUT2D eigenvalue weighted by atomic mass is 9.97. The van der Waals surface area contributed by atoms with E-state index in [2.05, 4.69) is 60.2 Å². The van der Waals surface area contributed by atoms with Crippen molar-refractivity contribution in [2.75, 3.05) is 5.32 Å². The average Bonchev–Trinajstić information content (AvgIpc) is 3.16. The number of anilines is 1. The second kappa shape index (κ2) is 8.63. The Kier molecular flexibility index (Phi) is 6.25. The summed E-state index contributed by atoms with van der Waals surface area (Å²) in [6.45, 7) is 7.46. The number of thiocarbonyl (C=S) groups is 1. The van der Waals surface area contributed by atoms with Gasteiger partial charge in [0.25, 0.3) is 0 Å². The van der Waals surface area contributed by atoms with Crippen molar-refractivity contribution in [3.63, 3.8) is 0 Å². The lowest BCUT2D eigenvalue weighted by molar-refractivity contribution is 0.312. The minimum atomic E-state index is 0.506. The first-order chi connectivity index (χ1) is 12.6. The molecule has 3 rings (SSSR count). The lowest BCUT2D eigenvalue weighted by Crippen LogP contribution is -2.41. The number of rotatable bonds is 5. The standard InChI is InChI=1S/C22H29N3S/c1-16(2)20-11-6-12-21(17(20)3)24-22(26)25(19-9-4-5-10-19)15-18-8-7-13-23-14-18/h6-8,11-14,16,19H,4-5,9-10,15H2,1-3H3,(H,24,26). The zero-order valence-electron chi connectivity index (χ0n) is 16.0. The summed E-state index contributed by atoms with van der Waals surface area (Å²) < 4.78 is 0. The number of pyridine rings is 1. The number of benzene rings is 1. The summed E-state index contributed by atoms with van der Waals surface area (Å²) in [5, 5.41) is 4.36. The summed E-state index contributed by atoms with van der Waals surface area (Å²) in [5.74, 6) is 0.506. The highest BCUT2D eigenvalue weighted by Crippen LogP contribution is 2.28. The Bertz CT molecular complexity index is 736. The normalized spacial score (nSPS) is 14.6. The van der Waals surface area contributed by atoms with Crippen LogP contribution in [0.5, 0.6) is 0 Å². The Morgan fingerprint density at radius 3 is 2.65 bits per heavy atom. The fourth-order valence-corrected chi connectivity index (χ4v) is 4.20. The van der Waals surface area contributed by atoms with Gasteiger partial charge in [0.2, 0.25) is 0 Å². The van der Waals surface area contributed by atoms with E-state index in [4.69, 9.17) is 12.2 Å². The summed E-state index contributed by atoms with van der Waals surface area (Å²) in [7, 11) is 0. The van der Waals surface area contributed by atoms with Gasteiger partial charge in [0.05, 0.1) is 0 Å². The molecule has 0 bridgehead atoms. The van der Waals surface area contributed by atoms with Crippen molar-refractivity contribution >= 4 is 23.0 Å². The minimum absolute atomic E-state index is 0.506. The van der Waals surface area contributed by atoms with Crippen LogP contribution in [0.1, 0.15) is 62.1 Å². The third-order valence-corrected chi connectivity index (χ3v) is 5.68. The molecule has 1 aliphatic carbocycles. The SMILES string of the molecule is Cc1c(NC(=S)N(Cc2cccnc2)C2CCCC2)cccc1C(C)C. The van der Waals surface area contributed by atoms with Crippen molar-refractivity contribution in [1.82, 2.24) is 9.88 Å². The Morgan fingerprint density at radius 1 is 1.23 bits per heavy atom. The van der Waals surface area contributed by atoms with Crippen LogP contribution >= 0.6 is 12.2 Å². The maximum absolute atomic E-state index is 5.86. The molecular formula is C22H29N3S. The van der Waals surface area contributed by atoms with E-state index in [1.807, 2.05) is 18.5 Å². The second-order valence-electron chi connectivity index (χ2n) is 7.53. The highest BCUT2D eigenvalue weighted by molar-refractivity contribution is 7.80. The molecule has 0 atom stereocenters. The highest BCUT2D eigenvalue weighted by Gasteiger charge is 2.25. The summed E-state index contributed by atoms with van der Waals surface area (Å²) in [6, 6.07) is 11.1. The molecule has 3 nitrogen and oxygen atoms in total. The first-order valence-corrected chi connectivity index (χ1v) is 10.0. The van der Waals surface area contributed by atoms with Crippen molar-refractivity contribution in [1.29, 1.82) is 0 Å². The van der Waals surface area contributed by atoms with Crippen LogP contribution in [0.4, 0.5) is 5.69 Å². The fraction of sp³-hybridized carbons (Fsp3) is 0.455. The largest absolute Gasteiger partial charge is 0.342 e. The number of nitrogens with zero attached hydrogens (tertiary/aromatic N) is 2. The van der Waals surface area contributed by atoms with Gasteiger partial charge in [-0.1, -0.05) is 44.9 Å². The van der Waals surface area contributed by atoms with Crippen molar-refractivity contribution in [2.24, 2.45) is 0 Å². The fourth-order valence-electron chi connectivity index (χ4n) is 3.87. The third-order valence-electron chi connectivity index (χ3n) is 5.34. The molecule has 2 aromatic rings. The molecule has 1 heterocycles. The van der Waals surface area contributed by atoms with E-state index in [0.29, 0.717) is 12.0 Å². The Hall–Kier alpha value is -1.94. The van der Waals surface area contributed by atoms with Gasteiger partial charge < -0.3 is 10.2 Å². The molecule has 1 aliphatic rings. The molecule has 0 aliphatic heterocycles. The van der Waals surface area contributed by atoms with Crippen LogP contribution in [0.25, 0.3) is 0 Å². The molecule has 1 N–H and O–H groups in total. The quantitative estimate of drug-likeness (QED) is 0.691. The van der Waals surface area contributed by atoms with E-state index in [1.165, 1.54) is 42.4 Å². The van der Waals surface area contributed by atoms with Gasteiger partial charge in [0, 0.05) is 30.7 Å². The van der Waals surface area contributed by atoms with Crippen LogP contribution in [0.3, 0.4) is 0 Å². The predicted molar refractivity (Wildman–Crippen MR) is 114 cm³/mol. The summed E-state index contributed by atoms with van der Waals surface area (Å²) >= 11 is 5.86. The van der Waals surface area contributed by atoms with E-state index in [0.717, 1.165) is 17.3 Å². The average molecular weight is 368 g/mol. The predicted octanol–water partition coefficient (Wildman–Crippen LogP) is 5.66. The van der Waals surface area contributed by atoms with Crippen molar-refractivity contribution in [3.05, 3.63) is 59.4 Å². The zero-order valence-corrected chi connectivity index (χ0v) is 16.9. The van der Waals surface area contributed by atoms with Gasteiger partial charge in [-0.2, -0.15) is 0 Å². The van der Waals surface area contributed by atoms with Crippen LogP contribution in [0, 0.1) is 6.92 Å². The summed E-state index contributed by atoms with van der Waals surface area (Å²) in [6.07, 6.45) is 8.77. The first-order valence-electron chi connectivity index (χ1n) is 9.62. The minimum Gasteiger partial charge on any atom is -0.342 e. The van der Waals surface area contributed by atoms with Crippen molar-refractivity contribution in [2.45, 2.75) is 65.0 Å². The summed E-state index contributed by atoms with van der Waals surface area (Å²) in [5.41, 5.74) is 4.99. The molecule has 0 unspecified atom stereocenters. The van der Waals surface area contributed by atoms with Gasteiger partial charge in [-0.25, -0.2) is 0 Å². The Labute approximate surface area is 162 Å². The molecule has 0 spiro atoms. The van der Waals surface area contributed by atoms with E-state index in [-0.39, 0.29) is 0 Å². The molecule has 1 fully saturated rings. The van der Waals surface area contributed by atoms with Crippen LogP contribution in [-0.4, -0.2) is 21.0 Å². The van der Waals surface area contributed by atoms with Crippen LogP contribution in [-0.2, 0) is 6.54 Å². The van der Waals surface area contributed by atoms with Gasteiger partial charge in [-0.05, 0) is 66.7 Å². The maximum Gasteiger partial charge on any atom is 0.173 e. The van der Waals surface area contributed by atoms with Gasteiger partial charge in [0.1, 0.15) is 0 Å². The molecule has 0 radical (unpaired) electrons. The number of aromatic nitrogens is 1. The van der Waals surface area contributed by atoms with E-state index in [9.17, 15) is 0 Å². The maximum atomic E-state index is 5.86. The van der Waals surface area contributed by atoms with Crippen LogP contribution < -0.4 is 5.32 Å².